The normalized spacial score (nSPS) is 18.6. The molecule has 0 unspecified atom stereocenters. The van der Waals surface area contributed by atoms with Crippen molar-refractivity contribution in [1.29, 1.82) is 0 Å². The summed E-state index contributed by atoms with van der Waals surface area (Å²) in [5.41, 5.74) is 1.57. The predicted molar refractivity (Wildman–Crippen MR) is 118 cm³/mol. The molecule has 1 N–H and O–H groups in total. The van der Waals surface area contributed by atoms with Crippen LogP contribution in [0.25, 0.3) is 11.3 Å². The number of benzene rings is 1. The quantitative estimate of drug-likeness (QED) is 0.344. The highest BCUT2D eigenvalue weighted by Gasteiger charge is 2.41. The van der Waals surface area contributed by atoms with E-state index >= 15 is 0 Å². The molecular weight excluding hydrogens is 400 g/mol. The van der Waals surface area contributed by atoms with Gasteiger partial charge in [-0.3, -0.25) is 15.1 Å². The number of non-ortho nitro benzene ring substituents is 1. The summed E-state index contributed by atoms with van der Waals surface area (Å²) in [4.78, 5) is 17.4. The van der Waals surface area contributed by atoms with Crippen LogP contribution in [0, 0.1) is 16.0 Å². The molecule has 8 heteroatoms. The third-order valence-corrected chi connectivity index (χ3v) is 5.37. The SMILES string of the molecule is CC(C)CN1C(=S)N[C@H](c2ccccn2)[C@H]1c1ccc(-c2cccc([N+](=O)[O-])c2)o1. The number of rotatable bonds is 6. The Kier molecular flexibility index (Phi) is 5.50. The van der Waals surface area contributed by atoms with Crippen LogP contribution in [0.4, 0.5) is 5.69 Å². The Balaban J connectivity index is 1.72. The Hall–Kier alpha value is -3.26. The van der Waals surface area contributed by atoms with E-state index in [-0.39, 0.29) is 17.8 Å². The number of thiocarbonyl (C=S) groups is 1. The molecule has 7 nitrogen and oxygen atoms in total. The largest absolute Gasteiger partial charge is 0.459 e. The number of nitrogens with one attached hydrogen (secondary N) is 1. The maximum absolute atomic E-state index is 11.1. The molecule has 1 fully saturated rings. The highest BCUT2D eigenvalue weighted by Crippen LogP contribution is 2.40. The van der Waals surface area contributed by atoms with Gasteiger partial charge in [-0.15, -0.1) is 0 Å². The summed E-state index contributed by atoms with van der Waals surface area (Å²) in [5.74, 6) is 1.72. The maximum Gasteiger partial charge on any atom is 0.270 e. The third kappa shape index (κ3) is 3.91. The summed E-state index contributed by atoms with van der Waals surface area (Å²) in [6.07, 6.45) is 1.76. The van der Waals surface area contributed by atoms with E-state index in [9.17, 15) is 10.1 Å². The molecule has 0 spiro atoms. The van der Waals surface area contributed by atoms with E-state index < -0.39 is 4.92 Å². The van der Waals surface area contributed by atoms with Crippen LogP contribution in [-0.2, 0) is 0 Å². The zero-order chi connectivity index (χ0) is 21.3. The molecule has 0 radical (unpaired) electrons. The summed E-state index contributed by atoms with van der Waals surface area (Å²) in [6.45, 7) is 5.06. The van der Waals surface area contributed by atoms with Crippen molar-refractivity contribution < 1.29 is 9.34 Å². The van der Waals surface area contributed by atoms with E-state index in [0.29, 0.717) is 22.4 Å². The van der Waals surface area contributed by atoms with Crippen molar-refractivity contribution in [3.63, 3.8) is 0 Å². The Labute approximate surface area is 179 Å². The minimum absolute atomic E-state index is 0.0296. The Morgan fingerprint density at radius 3 is 2.77 bits per heavy atom. The Morgan fingerprint density at radius 2 is 2.07 bits per heavy atom. The fourth-order valence-electron chi connectivity index (χ4n) is 3.74. The molecule has 0 bridgehead atoms. The van der Waals surface area contributed by atoms with Crippen molar-refractivity contribution in [2.75, 3.05) is 6.54 Å². The van der Waals surface area contributed by atoms with Gasteiger partial charge in [0.2, 0.25) is 0 Å². The van der Waals surface area contributed by atoms with E-state index in [4.69, 9.17) is 16.6 Å². The maximum atomic E-state index is 11.1. The lowest BCUT2D eigenvalue weighted by molar-refractivity contribution is -0.384. The standard InChI is InChI=1S/C22H22N4O3S/c1-14(2)13-25-21(20(24-22(25)30)17-8-3-4-11-23-17)19-10-9-18(29-19)15-6-5-7-16(12-15)26(27)28/h3-12,14,20-21H,13H2,1-2H3,(H,24,30)/t20-,21-/m1/s1. The van der Waals surface area contributed by atoms with E-state index in [0.717, 1.165) is 18.0 Å². The molecule has 0 amide bonds. The van der Waals surface area contributed by atoms with Crippen LogP contribution >= 0.6 is 12.2 Å². The first-order valence-electron chi connectivity index (χ1n) is 9.76. The van der Waals surface area contributed by atoms with Crippen LogP contribution in [0.2, 0.25) is 0 Å². The molecule has 154 valence electrons. The first-order valence-corrected chi connectivity index (χ1v) is 10.2. The van der Waals surface area contributed by atoms with Gasteiger partial charge in [0.15, 0.2) is 5.11 Å². The zero-order valence-electron chi connectivity index (χ0n) is 16.7. The van der Waals surface area contributed by atoms with Crippen LogP contribution in [0.5, 0.6) is 0 Å². The molecule has 1 aliphatic heterocycles. The highest BCUT2D eigenvalue weighted by atomic mass is 32.1. The average molecular weight is 423 g/mol. The lowest BCUT2D eigenvalue weighted by Crippen LogP contribution is -2.32. The smallest absolute Gasteiger partial charge is 0.270 e. The number of pyridine rings is 1. The summed E-state index contributed by atoms with van der Waals surface area (Å²) >= 11 is 5.63. The summed E-state index contributed by atoms with van der Waals surface area (Å²) in [6, 6.07) is 15.7. The van der Waals surface area contributed by atoms with Gasteiger partial charge in [-0.05, 0) is 42.4 Å². The molecule has 1 aliphatic rings. The van der Waals surface area contributed by atoms with Crippen molar-refractivity contribution in [1.82, 2.24) is 15.2 Å². The van der Waals surface area contributed by atoms with E-state index in [1.807, 2.05) is 30.3 Å². The number of nitro benzene ring substituents is 1. The Morgan fingerprint density at radius 1 is 1.23 bits per heavy atom. The van der Waals surface area contributed by atoms with E-state index in [2.05, 4.69) is 29.0 Å². The van der Waals surface area contributed by atoms with Gasteiger partial charge in [-0.1, -0.05) is 32.0 Å². The second-order valence-electron chi connectivity index (χ2n) is 7.68. The molecule has 1 saturated heterocycles. The van der Waals surface area contributed by atoms with E-state index in [1.54, 1.807) is 18.3 Å². The lowest BCUT2D eigenvalue weighted by Gasteiger charge is -2.27. The van der Waals surface area contributed by atoms with Gasteiger partial charge in [-0.25, -0.2) is 0 Å². The molecule has 30 heavy (non-hydrogen) atoms. The monoisotopic (exact) mass is 422 g/mol. The van der Waals surface area contributed by atoms with Crippen molar-refractivity contribution >= 4 is 23.0 Å². The first kappa shape index (κ1) is 20.0. The average Bonchev–Trinajstić information content (AvgIpc) is 3.34. The molecular formula is C22H22N4O3S. The molecule has 0 aliphatic carbocycles. The molecule has 3 aromatic rings. The number of hydrogen-bond donors (Lipinski definition) is 1. The van der Waals surface area contributed by atoms with Crippen molar-refractivity contribution in [2.24, 2.45) is 5.92 Å². The number of nitro groups is 1. The van der Waals surface area contributed by atoms with Gasteiger partial charge in [0, 0.05) is 30.4 Å². The molecule has 3 heterocycles. The number of aromatic nitrogens is 1. The van der Waals surface area contributed by atoms with Crippen LogP contribution < -0.4 is 5.32 Å². The van der Waals surface area contributed by atoms with Crippen molar-refractivity contribution in [2.45, 2.75) is 25.9 Å². The molecule has 2 atom stereocenters. The topological polar surface area (TPSA) is 84.4 Å². The Bertz CT molecular complexity index is 1070. The minimum Gasteiger partial charge on any atom is -0.459 e. The van der Waals surface area contributed by atoms with Gasteiger partial charge in [0.1, 0.15) is 17.6 Å². The summed E-state index contributed by atoms with van der Waals surface area (Å²) in [5, 5.41) is 15.2. The zero-order valence-corrected chi connectivity index (χ0v) is 17.5. The van der Waals surface area contributed by atoms with Gasteiger partial charge in [0.25, 0.3) is 5.69 Å². The molecule has 2 aromatic heterocycles. The predicted octanol–water partition coefficient (Wildman–Crippen LogP) is 4.88. The van der Waals surface area contributed by atoms with Crippen molar-refractivity contribution in [3.05, 3.63) is 82.4 Å². The second-order valence-corrected chi connectivity index (χ2v) is 8.07. The third-order valence-electron chi connectivity index (χ3n) is 5.02. The molecule has 1 aromatic carbocycles. The first-order chi connectivity index (χ1) is 14.4. The van der Waals surface area contributed by atoms with Crippen LogP contribution in [0.15, 0.2) is 65.2 Å². The fourth-order valence-corrected chi connectivity index (χ4v) is 4.06. The van der Waals surface area contributed by atoms with Crippen LogP contribution in [0.1, 0.15) is 37.4 Å². The van der Waals surface area contributed by atoms with Gasteiger partial charge < -0.3 is 14.6 Å². The number of furan rings is 1. The van der Waals surface area contributed by atoms with Gasteiger partial charge in [-0.2, -0.15) is 0 Å². The summed E-state index contributed by atoms with van der Waals surface area (Å²) in [7, 11) is 0. The number of nitrogens with zero attached hydrogens (tertiary/aromatic N) is 3. The highest BCUT2D eigenvalue weighted by molar-refractivity contribution is 7.80. The molecule has 4 rings (SSSR count). The summed E-state index contributed by atoms with van der Waals surface area (Å²) < 4.78 is 6.21. The van der Waals surface area contributed by atoms with Crippen molar-refractivity contribution in [3.8, 4) is 11.3 Å². The van der Waals surface area contributed by atoms with Gasteiger partial charge >= 0.3 is 0 Å². The van der Waals surface area contributed by atoms with E-state index in [1.165, 1.54) is 12.1 Å². The van der Waals surface area contributed by atoms with Crippen LogP contribution in [0.3, 0.4) is 0 Å². The lowest BCUT2D eigenvalue weighted by atomic mass is 10.0. The fraction of sp³-hybridized carbons (Fsp3) is 0.273. The number of hydrogen-bond acceptors (Lipinski definition) is 5. The second kappa shape index (κ2) is 8.23. The minimum atomic E-state index is -0.409. The molecule has 0 saturated carbocycles. The van der Waals surface area contributed by atoms with Gasteiger partial charge in [0.05, 0.1) is 16.7 Å². The van der Waals surface area contributed by atoms with Crippen LogP contribution in [-0.4, -0.2) is 26.5 Å².